The fraction of sp³-hybridized carbons (Fsp3) is 0.111. The summed E-state index contributed by atoms with van der Waals surface area (Å²) in [6, 6.07) is 19.3. The number of ether oxygens (including phenoxy) is 4. The van der Waals surface area contributed by atoms with Crippen molar-refractivity contribution in [3.8, 4) is 46.0 Å². The van der Waals surface area contributed by atoms with Gasteiger partial charge in [-0.15, -0.1) is 0 Å². The van der Waals surface area contributed by atoms with Crippen LogP contribution >= 0.6 is 0 Å². The number of aromatic hydroxyl groups is 4. The second-order valence-corrected chi connectivity index (χ2v) is 8.94. The summed E-state index contributed by atoms with van der Waals surface area (Å²) in [7, 11) is 5.94. The van der Waals surface area contributed by atoms with Gasteiger partial charge in [-0.2, -0.15) is 0 Å². The van der Waals surface area contributed by atoms with Gasteiger partial charge in [0.2, 0.25) is 0 Å². The van der Waals surface area contributed by atoms with Gasteiger partial charge in [-0.05, 0) is 71.8 Å². The lowest BCUT2D eigenvalue weighted by Crippen LogP contribution is -1.86. The van der Waals surface area contributed by atoms with Crippen LogP contribution in [0, 0.1) is 0 Å². The van der Waals surface area contributed by atoms with Crippen molar-refractivity contribution in [1.29, 1.82) is 0 Å². The number of aliphatic hydroxyl groups is 2. The van der Waals surface area contributed by atoms with Crippen LogP contribution in [-0.4, -0.2) is 59.1 Å². The van der Waals surface area contributed by atoms with Crippen molar-refractivity contribution in [3.05, 3.63) is 121 Å². The number of hydrogen-bond donors (Lipinski definition) is 6. The molecular formula is C36H40O10. The third kappa shape index (κ3) is 11.8. The van der Waals surface area contributed by atoms with E-state index in [1.165, 1.54) is 46.6 Å². The van der Waals surface area contributed by atoms with Crippen LogP contribution in [0.1, 0.15) is 22.3 Å². The molecule has 4 aromatic carbocycles. The Labute approximate surface area is 268 Å². The number of methoxy groups -OCH3 is 4. The molecule has 0 atom stereocenters. The molecule has 244 valence electrons. The van der Waals surface area contributed by atoms with Crippen molar-refractivity contribution in [1.82, 2.24) is 0 Å². The van der Waals surface area contributed by atoms with E-state index in [4.69, 9.17) is 29.2 Å². The fourth-order valence-corrected chi connectivity index (χ4v) is 3.38. The van der Waals surface area contributed by atoms with E-state index >= 15 is 0 Å². The molecule has 4 rings (SSSR count). The first-order valence-electron chi connectivity index (χ1n) is 13.3. The molecule has 4 aromatic rings. The number of phenolic OH excluding ortho intramolecular Hbond substituents is 4. The number of benzene rings is 4. The van der Waals surface area contributed by atoms with Crippen molar-refractivity contribution in [3.63, 3.8) is 0 Å². The van der Waals surface area contributed by atoms with Crippen molar-refractivity contribution in [2.45, 2.75) is 0 Å². The van der Waals surface area contributed by atoms with Crippen LogP contribution in [0.15, 0.2) is 99.1 Å². The molecule has 46 heavy (non-hydrogen) atoms. The highest BCUT2D eigenvalue weighted by Crippen LogP contribution is 2.29. The molecule has 10 heteroatoms. The second-order valence-electron chi connectivity index (χ2n) is 8.94. The first kappa shape index (κ1) is 37.9. The standard InChI is InChI=1S/2C9H10O3.2C9H10O2/c1-6(10)7-3-4-9(12-2)8(11)5-7;1-6(10)7-3-4-8(11)9(5-7)12-2;1-3-7-4-5-9(11-2)8(10)6-7;1-3-7-4-5-8(10)9(6-7)11-2/h2*3-5,10-11H,1H2,2H3;2*3-6,10H,1H2,2H3. The number of rotatable bonds is 8. The Morgan fingerprint density at radius 1 is 0.478 bits per heavy atom. The third-order valence-corrected chi connectivity index (χ3v) is 5.90. The summed E-state index contributed by atoms with van der Waals surface area (Å²) in [4.78, 5) is 0. The molecule has 0 saturated carbocycles. The summed E-state index contributed by atoms with van der Waals surface area (Å²) < 4.78 is 19.4. The highest BCUT2D eigenvalue weighted by molar-refractivity contribution is 5.61. The monoisotopic (exact) mass is 632 g/mol. The Hall–Kier alpha value is -6.16. The zero-order valence-corrected chi connectivity index (χ0v) is 26.2. The topological polar surface area (TPSA) is 158 Å². The van der Waals surface area contributed by atoms with Gasteiger partial charge < -0.3 is 49.6 Å². The van der Waals surface area contributed by atoms with Crippen LogP contribution in [0.4, 0.5) is 0 Å². The molecule has 0 bridgehead atoms. The van der Waals surface area contributed by atoms with Gasteiger partial charge in [0.25, 0.3) is 0 Å². The average Bonchev–Trinajstić information content (AvgIpc) is 3.05. The van der Waals surface area contributed by atoms with E-state index in [0.717, 1.165) is 11.1 Å². The molecule has 0 aliphatic rings. The van der Waals surface area contributed by atoms with Crippen molar-refractivity contribution in [2.75, 3.05) is 28.4 Å². The first-order chi connectivity index (χ1) is 21.8. The molecule has 0 spiro atoms. The predicted octanol–water partition coefficient (Wildman–Crippen LogP) is 7.95. The molecule has 0 aliphatic heterocycles. The van der Waals surface area contributed by atoms with E-state index in [9.17, 15) is 20.4 Å². The fourth-order valence-electron chi connectivity index (χ4n) is 3.38. The molecule has 0 amide bonds. The zero-order chi connectivity index (χ0) is 34.8. The van der Waals surface area contributed by atoms with Gasteiger partial charge in [0.05, 0.1) is 28.4 Å². The predicted molar refractivity (Wildman–Crippen MR) is 182 cm³/mol. The summed E-state index contributed by atoms with van der Waals surface area (Å²) in [5.41, 5.74) is 2.82. The Morgan fingerprint density at radius 2 is 0.848 bits per heavy atom. The minimum absolute atomic E-state index is 0.00907. The molecule has 0 unspecified atom stereocenters. The largest absolute Gasteiger partial charge is 0.508 e. The molecule has 0 heterocycles. The molecular weight excluding hydrogens is 592 g/mol. The molecule has 0 fully saturated rings. The summed E-state index contributed by atoms with van der Waals surface area (Å²) in [5.74, 6) is 1.86. The Balaban J connectivity index is 0.000000307. The SMILES string of the molecule is C=C(O)c1ccc(O)c(OC)c1.C=C(O)c1ccc(OC)c(O)c1.C=Cc1ccc(O)c(OC)c1.C=Cc1ccc(OC)c(O)c1. The minimum Gasteiger partial charge on any atom is -0.508 e. The lowest BCUT2D eigenvalue weighted by Gasteiger charge is -2.04. The van der Waals surface area contributed by atoms with E-state index in [1.54, 1.807) is 60.7 Å². The van der Waals surface area contributed by atoms with E-state index in [2.05, 4.69) is 26.3 Å². The number of phenols is 4. The van der Waals surface area contributed by atoms with Gasteiger partial charge >= 0.3 is 0 Å². The van der Waals surface area contributed by atoms with Gasteiger partial charge in [-0.25, -0.2) is 0 Å². The van der Waals surface area contributed by atoms with Crippen molar-refractivity contribution in [2.24, 2.45) is 0 Å². The molecule has 0 aromatic heterocycles. The Kier molecular flexibility index (Phi) is 15.8. The van der Waals surface area contributed by atoms with E-state index in [0.29, 0.717) is 34.1 Å². The van der Waals surface area contributed by atoms with Gasteiger partial charge in [-0.3, -0.25) is 0 Å². The van der Waals surface area contributed by atoms with E-state index in [-0.39, 0.29) is 34.5 Å². The van der Waals surface area contributed by atoms with Crippen molar-refractivity contribution >= 4 is 23.7 Å². The van der Waals surface area contributed by atoms with E-state index < -0.39 is 0 Å². The summed E-state index contributed by atoms with van der Waals surface area (Å²) in [5, 5.41) is 54.8. The van der Waals surface area contributed by atoms with Gasteiger partial charge in [0.1, 0.15) is 11.5 Å². The van der Waals surface area contributed by atoms with Crippen LogP contribution in [0.2, 0.25) is 0 Å². The summed E-state index contributed by atoms with van der Waals surface area (Å²) in [6.45, 7) is 13.8. The smallest absolute Gasteiger partial charge is 0.161 e. The number of aliphatic hydroxyl groups excluding tert-OH is 2. The minimum atomic E-state index is -0.0760. The van der Waals surface area contributed by atoms with Gasteiger partial charge in [0, 0.05) is 11.1 Å². The van der Waals surface area contributed by atoms with Crippen LogP contribution in [0.5, 0.6) is 46.0 Å². The van der Waals surface area contributed by atoms with Crippen LogP contribution < -0.4 is 18.9 Å². The maximum atomic E-state index is 9.26. The molecule has 0 saturated heterocycles. The lowest BCUT2D eigenvalue weighted by molar-refractivity contribution is 0.373. The van der Waals surface area contributed by atoms with Gasteiger partial charge in [0.15, 0.2) is 46.0 Å². The molecule has 0 radical (unpaired) electrons. The summed E-state index contributed by atoms with van der Waals surface area (Å²) >= 11 is 0. The Bertz CT molecular complexity index is 1630. The highest BCUT2D eigenvalue weighted by atomic mass is 16.5. The average molecular weight is 633 g/mol. The zero-order valence-electron chi connectivity index (χ0n) is 26.2. The Morgan fingerprint density at radius 3 is 1.28 bits per heavy atom. The second kappa shape index (κ2) is 19.2. The molecule has 0 aliphatic carbocycles. The van der Waals surface area contributed by atoms with Crippen LogP contribution in [0.3, 0.4) is 0 Å². The van der Waals surface area contributed by atoms with E-state index in [1.807, 2.05) is 6.07 Å². The van der Waals surface area contributed by atoms with Crippen LogP contribution in [0.25, 0.3) is 23.7 Å². The van der Waals surface area contributed by atoms with Crippen molar-refractivity contribution < 1.29 is 49.6 Å². The first-order valence-corrected chi connectivity index (χ1v) is 13.3. The highest BCUT2D eigenvalue weighted by Gasteiger charge is 2.04. The lowest BCUT2D eigenvalue weighted by atomic mass is 10.2. The third-order valence-electron chi connectivity index (χ3n) is 5.90. The molecule has 10 nitrogen and oxygen atoms in total. The normalized spacial score (nSPS) is 9.30. The van der Waals surface area contributed by atoms with Gasteiger partial charge in [-0.1, -0.05) is 50.6 Å². The quantitative estimate of drug-likeness (QED) is 0.105. The maximum absolute atomic E-state index is 9.26. The summed E-state index contributed by atoms with van der Waals surface area (Å²) in [6.07, 6.45) is 3.36. The maximum Gasteiger partial charge on any atom is 0.161 e. The molecule has 6 N–H and O–H groups in total. The van der Waals surface area contributed by atoms with Crippen LogP contribution in [-0.2, 0) is 0 Å². The number of hydrogen-bond acceptors (Lipinski definition) is 10.